The van der Waals surface area contributed by atoms with Gasteiger partial charge in [-0.05, 0) is 6.92 Å². The van der Waals surface area contributed by atoms with E-state index in [1.54, 1.807) is 0 Å². The second-order valence-electron chi connectivity index (χ2n) is 2.31. The molecular weight excluding hydrogens is 211 g/mol. The Kier molecular flexibility index (Phi) is 7.01. The molecule has 0 aromatic rings. The molecule has 0 rings (SSSR count). The zero-order valence-electron chi connectivity index (χ0n) is 7.97. The van der Waals surface area contributed by atoms with Gasteiger partial charge in [0.05, 0.1) is 0 Å². The van der Waals surface area contributed by atoms with Crippen molar-refractivity contribution in [2.45, 2.75) is 18.1 Å². The first-order valence-electron chi connectivity index (χ1n) is 3.00. The molecule has 0 aliphatic rings. The minimum atomic E-state index is -4.87. The van der Waals surface area contributed by atoms with Gasteiger partial charge in [-0.3, -0.25) is 0 Å². The van der Waals surface area contributed by atoms with Gasteiger partial charge >= 0.3 is 29.6 Å². The van der Waals surface area contributed by atoms with Crippen molar-refractivity contribution < 1.29 is 57.1 Å². The Hall–Kier alpha value is 0.790. The van der Waals surface area contributed by atoms with Gasteiger partial charge in [-0.15, -0.1) is 0 Å². The van der Waals surface area contributed by atoms with E-state index in [0.717, 1.165) is 21.1 Å². The molecule has 1 N–H and O–H groups in total. The second kappa shape index (κ2) is 5.62. The SMILES string of the molecule is COC(OC)C(C)(O)S(=O)(=O)[O-].[Na+]. The fourth-order valence-corrected chi connectivity index (χ4v) is 1.08. The van der Waals surface area contributed by atoms with Crippen LogP contribution in [-0.4, -0.2) is 43.5 Å². The first kappa shape index (κ1) is 16.2. The fraction of sp³-hybridized carbons (Fsp3) is 1.00. The Morgan fingerprint density at radius 2 is 1.69 bits per heavy atom. The Morgan fingerprint density at radius 1 is 1.38 bits per heavy atom. The van der Waals surface area contributed by atoms with Crippen molar-refractivity contribution in [1.29, 1.82) is 0 Å². The molecule has 0 bridgehead atoms. The summed E-state index contributed by atoms with van der Waals surface area (Å²) < 4.78 is 40.2. The van der Waals surface area contributed by atoms with Crippen LogP contribution in [0.15, 0.2) is 0 Å². The number of ether oxygens (including phenoxy) is 2. The van der Waals surface area contributed by atoms with E-state index in [0.29, 0.717) is 0 Å². The van der Waals surface area contributed by atoms with Crippen molar-refractivity contribution in [3.8, 4) is 0 Å². The molecule has 0 radical (unpaired) electrons. The van der Waals surface area contributed by atoms with E-state index in [1.807, 2.05) is 0 Å². The molecule has 1 atom stereocenters. The van der Waals surface area contributed by atoms with Crippen LogP contribution in [0.1, 0.15) is 6.92 Å². The Balaban J connectivity index is 0. The van der Waals surface area contributed by atoms with Crippen molar-refractivity contribution >= 4 is 10.1 Å². The van der Waals surface area contributed by atoms with Crippen molar-refractivity contribution in [3.63, 3.8) is 0 Å². The van der Waals surface area contributed by atoms with Gasteiger partial charge in [0.25, 0.3) is 0 Å². The van der Waals surface area contributed by atoms with Crippen LogP contribution in [0.25, 0.3) is 0 Å². The van der Waals surface area contributed by atoms with Crippen LogP contribution in [0.2, 0.25) is 0 Å². The van der Waals surface area contributed by atoms with Gasteiger partial charge in [0, 0.05) is 14.2 Å². The molecule has 1 unspecified atom stereocenters. The first-order valence-corrected chi connectivity index (χ1v) is 4.41. The molecule has 0 saturated heterocycles. The van der Waals surface area contributed by atoms with E-state index in [9.17, 15) is 13.0 Å². The van der Waals surface area contributed by atoms with Crippen LogP contribution in [0, 0.1) is 0 Å². The smallest absolute Gasteiger partial charge is 0.746 e. The fourth-order valence-electron chi connectivity index (χ4n) is 0.651. The summed E-state index contributed by atoms with van der Waals surface area (Å²) in [6.45, 7) is 0.812. The van der Waals surface area contributed by atoms with Gasteiger partial charge in [-0.2, -0.15) is 0 Å². The summed E-state index contributed by atoms with van der Waals surface area (Å²) in [4.78, 5) is -2.57. The number of hydrogen-bond acceptors (Lipinski definition) is 6. The van der Waals surface area contributed by atoms with Crippen LogP contribution in [0.5, 0.6) is 0 Å². The van der Waals surface area contributed by atoms with Crippen LogP contribution >= 0.6 is 0 Å². The third kappa shape index (κ3) is 3.80. The minimum Gasteiger partial charge on any atom is -0.746 e. The van der Waals surface area contributed by atoms with E-state index in [1.165, 1.54) is 0 Å². The van der Waals surface area contributed by atoms with Crippen LogP contribution < -0.4 is 29.6 Å². The van der Waals surface area contributed by atoms with Gasteiger partial charge in [-0.1, -0.05) is 0 Å². The zero-order valence-corrected chi connectivity index (χ0v) is 10.8. The molecule has 0 aliphatic carbocycles. The molecule has 74 valence electrons. The second-order valence-corrected chi connectivity index (χ2v) is 4.05. The van der Waals surface area contributed by atoms with E-state index >= 15 is 0 Å². The molecule has 0 heterocycles. The van der Waals surface area contributed by atoms with Crippen molar-refractivity contribution in [3.05, 3.63) is 0 Å². The van der Waals surface area contributed by atoms with Crippen LogP contribution in [0.3, 0.4) is 0 Å². The molecule has 0 saturated carbocycles. The molecule has 0 aliphatic heterocycles. The number of aliphatic hydroxyl groups is 1. The Bertz CT molecular complexity index is 231. The quantitative estimate of drug-likeness (QED) is 0.295. The van der Waals surface area contributed by atoms with E-state index in [4.69, 9.17) is 5.11 Å². The molecule has 13 heavy (non-hydrogen) atoms. The topological polar surface area (TPSA) is 95.9 Å². The average Bonchev–Trinajstić information content (AvgIpc) is 1.87. The van der Waals surface area contributed by atoms with E-state index in [2.05, 4.69) is 9.47 Å². The normalized spacial score (nSPS) is 16.5. The Labute approximate surface area is 99.3 Å². The third-order valence-electron chi connectivity index (χ3n) is 1.37. The molecular formula is C5H11NaO6S. The molecule has 0 amide bonds. The van der Waals surface area contributed by atoms with Gasteiger partial charge < -0.3 is 19.1 Å². The van der Waals surface area contributed by atoms with E-state index < -0.39 is 21.3 Å². The number of rotatable bonds is 4. The first-order chi connectivity index (χ1) is 5.27. The predicted molar refractivity (Wildman–Crippen MR) is 38.1 cm³/mol. The maximum atomic E-state index is 10.4. The maximum absolute atomic E-state index is 10.4. The van der Waals surface area contributed by atoms with Crippen LogP contribution in [0.4, 0.5) is 0 Å². The van der Waals surface area contributed by atoms with Crippen molar-refractivity contribution in [2.75, 3.05) is 14.2 Å². The van der Waals surface area contributed by atoms with Gasteiger partial charge in [0.2, 0.25) is 4.93 Å². The average molecular weight is 222 g/mol. The minimum absolute atomic E-state index is 0. The van der Waals surface area contributed by atoms with E-state index in [-0.39, 0.29) is 29.6 Å². The number of hydrogen-bond donors (Lipinski definition) is 1. The largest absolute Gasteiger partial charge is 1.00 e. The maximum Gasteiger partial charge on any atom is 1.00 e. The molecule has 6 nitrogen and oxygen atoms in total. The molecule has 0 spiro atoms. The predicted octanol–water partition coefficient (Wildman–Crippen LogP) is -4.14. The molecule has 0 fully saturated rings. The summed E-state index contributed by atoms with van der Waals surface area (Å²) in [7, 11) is -2.63. The number of methoxy groups -OCH3 is 2. The summed E-state index contributed by atoms with van der Waals surface area (Å²) in [5.41, 5.74) is 0. The monoisotopic (exact) mass is 222 g/mol. The molecule has 0 aromatic carbocycles. The summed E-state index contributed by atoms with van der Waals surface area (Å²) >= 11 is 0. The summed E-state index contributed by atoms with van der Waals surface area (Å²) in [5.74, 6) is 0. The van der Waals surface area contributed by atoms with Gasteiger partial charge in [0.1, 0.15) is 10.1 Å². The third-order valence-corrected chi connectivity index (χ3v) is 2.58. The van der Waals surface area contributed by atoms with Crippen LogP contribution in [-0.2, 0) is 19.6 Å². The summed E-state index contributed by atoms with van der Waals surface area (Å²) in [5, 5.41) is 9.16. The summed E-state index contributed by atoms with van der Waals surface area (Å²) in [6, 6.07) is 0. The van der Waals surface area contributed by atoms with Crippen molar-refractivity contribution in [1.82, 2.24) is 0 Å². The molecule has 8 heteroatoms. The zero-order chi connectivity index (χ0) is 9.99. The molecule has 0 aromatic heterocycles. The Morgan fingerprint density at radius 3 is 1.77 bits per heavy atom. The standard InChI is InChI=1S/C5H12O6S.Na/c1-5(6,12(7,8)9)4(10-2)11-3;/h4,6H,1-3H3,(H,7,8,9);/q;+1/p-1. The van der Waals surface area contributed by atoms with Gasteiger partial charge in [-0.25, -0.2) is 8.42 Å². The summed E-state index contributed by atoms with van der Waals surface area (Å²) in [6.07, 6.45) is -1.49. The van der Waals surface area contributed by atoms with Crippen molar-refractivity contribution in [2.24, 2.45) is 0 Å². The van der Waals surface area contributed by atoms with Gasteiger partial charge in [0.15, 0.2) is 6.29 Å².